The van der Waals surface area contributed by atoms with E-state index in [1.807, 2.05) is 55.1 Å². The first-order valence-corrected chi connectivity index (χ1v) is 11.0. The lowest BCUT2D eigenvalue weighted by atomic mass is 10.1. The first kappa shape index (κ1) is 21.1. The molecule has 29 heavy (non-hydrogen) atoms. The molecule has 3 aromatic rings. The molecular formula is C23H28N4OS. The minimum Gasteiger partial charge on any atom is -0.338 e. The van der Waals surface area contributed by atoms with E-state index in [1.54, 1.807) is 0 Å². The average Bonchev–Trinajstić information content (AvgIpc) is 3.13. The van der Waals surface area contributed by atoms with Crippen LogP contribution < -0.4 is 0 Å². The molecule has 2 aromatic carbocycles. The van der Waals surface area contributed by atoms with Gasteiger partial charge in [0.1, 0.15) is 5.82 Å². The van der Waals surface area contributed by atoms with Gasteiger partial charge in [-0.1, -0.05) is 72.4 Å². The van der Waals surface area contributed by atoms with Crippen molar-refractivity contribution in [3.05, 3.63) is 77.6 Å². The molecule has 0 aliphatic carbocycles. The number of benzene rings is 2. The molecule has 0 saturated heterocycles. The van der Waals surface area contributed by atoms with E-state index in [0.717, 1.165) is 29.5 Å². The van der Waals surface area contributed by atoms with Gasteiger partial charge in [0.25, 0.3) is 0 Å². The van der Waals surface area contributed by atoms with Crippen molar-refractivity contribution in [2.75, 3.05) is 6.54 Å². The van der Waals surface area contributed by atoms with Crippen LogP contribution in [-0.4, -0.2) is 37.4 Å². The quantitative estimate of drug-likeness (QED) is 0.492. The van der Waals surface area contributed by atoms with Crippen LogP contribution in [-0.2, 0) is 24.3 Å². The second-order valence-corrected chi connectivity index (χ2v) is 8.21. The Bertz CT molecular complexity index is 911. The SMILES string of the molecule is CCN(Cc1ccccc1)C(=O)C(C)Sc1nnc(Cc2ccccc2)n1CC. The van der Waals surface area contributed by atoms with Gasteiger partial charge in [-0.15, -0.1) is 10.2 Å². The van der Waals surface area contributed by atoms with Gasteiger partial charge in [-0.25, -0.2) is 0 Å². The number of thioether (sulfide) groups is 1. The fourth-order valence-corrected chi connectivity index (χ4v) is 4.26. The van der Waals surface area contributed by atoms with Crippen molar-refractivity contribution in [1.29, 1.82) is 0 Å². The van der Waals surface area contributed by atoms with Crippen LogP contribution in [0.25, 0.3) is 0 Å². The van der Waals surface area contributed by atoms with Crippen LogP contribution >= 0.6 is 11.8 Å². The van der Waals surface area contributed by atoms with Gasteiger partial charge in [-0.05, 0) is 31.9 Å². The van der Waals surface area contributed by atoms with Gasteiger partial charge in [-0.2, -0.15) is 0 Å². The third-order valence-corrected chi connectivity index (χ3v) is 5.92. The summed E-state index contributed by atoms with van der Waals surface area (Å²) in [5, 5.41) is 9.35. The number of rotatable bonds is 9. The van der Waals surface area contributed by atoms with E-state index in [4.69, 9.17) is 0 Å². The summed E-state index contributed by atoms with van der Waals surface area (Å²) in [6.07, 6.45) is 0.736. The molecule has 0 bridgehead atoms. The molecule has 0 spiro atoms. The van der Waals surface area contributed by atoms with Crippen LogP contribution in [0.15, 0.2) is 65.8 Å². The minimum absolute atomic E-state index is 0.122. The molecule has 5 nitrogen and oxygen atoms in total. The topological polar surface area (TPSA) is 51.0 Å². The summed E-state index contributed by atoms with van der Waals surface area (Å²) in [5.74, 6) is 1.05. The Balaban J connectivity index is 1.69. The van der Waals surface area contributed by atoms with E-state index in [1.165, 1.54) is 17.3 Å². The second-order valence-electron chi connectivity index (χ2n) is 6.90. The molecule has 1 amide bonds. The molecule has 1 aromatic heterocycles. The summed E-state index contributed by atoms with van der Waals surface area (Å²) in [4.78, 5) is 14.9. The summed E-state index contributed by atoms with van der Waals surface area (Å²) in [7, 11) is 0. The van der Waals surface area contributed by atoms with Crippen molar-refractivity contribution in [1.82, 2.24) is 19.7 Å². The molecule has 0 N–H and O–H groups in total. The van der Waals surface area contributed by atoms with Crippen molar-refractivity contribution in [2.24, 2.45) is 0 Å². The lowest BCUT2D eigenvalue weighted by Gasteiger charge is -2.24. The summed E-state index contributed by atoms with van der Waals surface area (Å²) >= 11 is 1.49. The second kappa shape index (κ2) is 10.3. The van der Waals surface area contributed by atoms with Crippen LogP contribution in [0.2, 0.25) is 0 Å². The highest BCUT2D eigenvalue weighted by Gasteiger charge is 2.23. The van der Waals surface area contributed by atoms with Gasteiger partial charge in [0, 0.05) is 26.1 Å². The number of amides is 1. The molecule has 1 heterocycles. The third-order valence-electron chi connectivity index (χ3n) is 4.85. The maximum atomic E-state index is 13.0. The van der Waals surface area contributed by atoms with Crippen LogP contribution in [0.3, 0.4) is 0 Å². The number of carbonyl (C=O) groups is 1. The van der Waals surface area contributed by atoms with E-state index in [0.29, 0.717) is 13.1 Å². The highest BCUT2D eigenvalue weighted by molar-refractivity contribution is 8.00. The fraction of sp³-hybridized carbons (Fsp3) is 0.348. The monoisotopic (exact) mass is 408 g/mol. The number of hydrogen-bond donors (Lipinski definition) is 0. The van der Waals surface area contributed by atoms with Gasteiger partial charge in [0.05, 0.1) is 5.25 Å². The van der Waals surface area contributed by atoms with E-state index < -0.39 is 0 Å². The Labute approximate surface area is 177 Å². The maximum Gasteiger partial charge on any atom is 0.236 e. The molecule has 152 valence electrons. The predicted octanol–water partition coefficient (Wildman–Crippen LogP) is 4.42. The van der Waals surface area contributed by atoms with E-state index in [2.05, 4.69) is 46.0 Å². The smallest absolute Gasteiger partial charge is 0.236 e. The molecule has 1 atom stereocenters. The molecule has 0 radical (unpaired) electrons. The lowest BCUT2D eigenvalue weighted by Crippen LogP contribution is -2.36. The van der Waals surface area contributed by atoms with Crippen LogP contribution in [0, 0.1) is 0 Å². The zero-order chi connectivity index (χ0) is 20.6. The maximum absolute atomic E-state index is 13.0. The van der Waals surface area contributed by atoms with Crippen molar-refractivity contribution in [3.63, 3.8) is 0 Å². The minimum atomic E-state index is -0.224. The van der Waals surface area contributed by atoms with Crippen molar-refractivity contribution in [2.45, 2.75) is 50.7 Å². The molecule has 0 aliphatic heterocycles. The van der Waals surface area contributed by atoms with Crippen molar-refractivity contribution >= 4 is 17.7 Å². The van der Waals surface area contributed by atoms with Gasteiger partial charge in [0.2, 0.25) is 5.91 Å². The largest absolute Gasteiger partial charge is 0.338 e. The Morgan fingerprint density at radius 3 is 2.21 bits per heavy atom. The van der Waals surface area contributed by atoms with Crippen LogP contribution in [0.1, 0.15) is 37.7 Å². The van der Waals surface area contributed by atoms with Crippen molar-refractivity contribution in [3.8, 4) is 0 Å². The number of aromatic nitrogens is 3. The molecule has 0 fully saturated rings. The molecule has 1 unspecified atom stereocenters. The average molecular weight is 409 g/mol. The first-order chi connectivity index (χ1) is 14.1. The molecular weight excluding hydrogens is 380 g/mol. The number of nitrogens with zero attached hydrogens (tertiary/aromatic N) is 4. The van der Waals surface area contributed by atoms with E-state index in [-0.39, 0.29) is 11.2 Å². The predicted molar refractivity (Wildman–Crippen MR) is 118 cm³/mol. The summed E-state index contributed by atoms with van der Waals surface area (Å²) in [6.45, 7) is 8.14. The first-order valence-electron chi connectivity index (χ1n) is 10.1. The summed E-state index contributed by atoms with van der Waals surface area (Å²) < 4.78 is 2.11. The summed E-state index contributed by atoms with van der Waals surface area (Å²) in [6, 6.07) is 20.4. The Morgan fingerprint density at radius 2 is 1.62 bits per heavy atom. The highest BCUT2D eigenvalue weighted by Crippen LogP contribution is 2.25. The fourth-order valence-electron chi connectivity index (χ4n) is 3.25. The molecule has 3 rings (SSSR count). The van der Waals surface area contributed by atoms with Gasteiger partial charge in [-0.3, -0.25) is 4.79 Å². The highest BCUT2D eigenvalue weighted by atomic mass is 32.2. The zero-order valence-electron chi connectivity index (χ0n) is 17.3. The Hall–Kier alpha value is -2.60. The third kappa shape index (κ3) is 5.48. The molecule has 6 heteroatoms. The number of hydrogen-bond acceptors (Lipinski definition) is 4. The van der Waals surface area contributed by atoms with Gasteiger partial charge >= 0.3 is 0 Å². The van der Waals surface area contributed by atoms with Gasteiger partial charge in [0.15, 0.2) is 5.16 Å². The normalized spacial score (nSPS) is 12.0. The van der Waals surface area contributed by atoms with Crippen LogP contribution in [0.5, 0.6) is 0 Å². The molecule has 0 aliphatic rings. The molecule has 0 saturated carbocycles. The summed E-state index contributed by atoms with van der Waals surface area (Å²) in [5.41, 5.74) is 2.34. The standard InChI is InChI=1S/C23H28N4OS/c1-4-26(17-20-14-10-7-11-15-20)22(28)18(3)29-23-25-24-21(27(23)5-2)16-19-12-8-6-9-13-19/h6-15,18H,4-5,16-17H2,1-3H3. The van der Waals surface area contributed by atoms with Crippen LogP contribution in [0.4, 0.5) is 0 Å². The van der Waals surface area contributed by atoms with E-state index in [9.17, 15) is 4.79 Å². The Morgan fingerprint density at radius 1 is 1.00 bits per heavy atom. The zero-order valence-corrected chi connectivity index (χ0v) is 18.1. The van der Waals surface area contributed by atoms with Crippen molar-refractivity contribution < 1.29 is 4.79 Å². The lowest BCUT2D eigenvalue weighted by molar-refractivity contribution is -0.130. The van der Waals surface area contributed by atoms with E-state index >= 15 is 0 Å². The van der Waals surface area contributed by atoms with Gasteiger partial charge < -0.3 is 9.47 Å². The Kier molecular flexibility index (Phi) is 7.47. The number of carbonyl (C=O) groups excluding carboxylic acids is 1.